The molecule has 2 aromatic carbocycles. The first-order valence-electron chi connectivity index (χ1n) is 15.7. The summed E-state index contributed by atoms with van der Waals surface area (Å²) < 4.78 is 39.0. The Balaban J connectivity index is 1.15. The van der Waals surface area contributed by atoms with Gasteiger partial charge in [-0.2, -0.15) is 5.10 Å². The predicted molar refractivity (Wildman–Crippen MR) is 161 cm³/mol. The lowest BCUT2D eigenvalue weighted by Gasteiger charge is -2.38. The van der Waals surface area contributed by atoms with E-state index >= 15 is 8.78 Å². The number of alkyl halides is 1. The van der Waals surface area contributed by atoms with Gasteiger partial charge in [0.2, 0.25) is 5.67 Å². The minimum atomic E-state index is -1.89. The molecule has 7 rings (SSSR count). The van der Waals surface area contributed by atoms with Gasteiger partial charge in [0, 0.05) is 55.3 Å². The number of aromatic carboxylic acids is 1. The number of halogens is 2. The minimum Gasteiger partial charge on any atom is -0.490 e. The number of rotatable bonds is 8. The number of aromatic nitrogens is 2. The van der Waals surface area contributed by atoms with E-state index in [-0.39, 0.29) is 48.1 Å². The van der Waals surface area contributed by atoms with Crippen LogP contribution in [0.3, 0.4) is 0 Å². The van der Waals surface area contributed by atoms with Gasteiger partial charge in [0.15, 0.2) is 5.69 Å². The van der Waals surface area contributed by atoms with E-state index in [4.69, 9.17) is 4.74 Å². The Morgan fingerprint density at radius 3 is 2.59 bits per heavy atom. The lowest BCUT2D eigenvalue weighted by Crippen LogP contribution is -2.49. The van der Waals surface area contributed by atoms with E-state index in [9.17, 15) is 14.7 Å². The van der Waals surface area contributed by atoms with Crippen LogP contribution in [0.5, 0.6) is 5.75 Å². The molecule has 0 unspecified atom stereocenters. The van der Waals surface area contributed by atoms with Gasteiger partial charge in [-0.1, -0.05) is 24.6 Å². The molecule has 4 fully saturated rings. The molecule has 0 radical (unpaired) electrons. The maximum Gasteiger partial charge on any atom is 0.357 e. The van der Waals surface area contributed by atoms with Gasteiger partial charge in [-0.15, -0.1) is 0 Å². The highest BCUT2D eigenvalue weighted by Gasteiger charge is 2.55. The number of nitrogens with zero attached hydrogens (tertiary/aromatic N) is 2. The molecule has 0 bridgehead atoms. The predicted octanol–water partition coefficient (Wildman–Crippen LogP) is 5.90. The smallest absolute Gasteiger partial charge is 0.357 e. The van der Waals surface area contributed by atoms with Gasteiger partial charge in [0.05, 0.1) is 0 Å². The Hall–Kier alpha value is -3.79. The second-order valence-electron chi connectivity index (χ2n) is 13.3. The molecule has 4 aliphatic rings. The number of hydrogen-bond acceptors (Lipinski definition) is 5. The summed E-state index contributed by atoms with van der Waals surface area (Å²) in [6.45, 7) is 0.0542. The van der Waals surface area contributed by atoms with Crippen LogP contribution in [0, 0.1) is 5.82 Å². The second-order valence-corrected chi connectivity index (χ2v) is 13.3. The van der Waals surface area contributed by atoms with Crippen molar-refractivity contribution >= 4 is 11.9 Å². The zero-order chi connectivity index (χ0) is 30.6. The number of carbonyl (C=O) groups excluding carboxylic acids is 1. The third-order valence-electron chi connectivity index (χ3n) is 10.3. The number of aryl methyl sites for hydroxylation is 1. The number of carbonyl (C=O) groups is 2. The van der Waals surface area contributed by atoms with Crippen molar-refractivity contribution in [3.05, 3.63) is 59.7 Å². The Labute approximate surface area is 255 Å². The summed E-state index contributed by atoms with van der Waals surface area (Å²) in [7, 11) is 1.67. The Morgan fingerprint density at radius 2 is 1.91 bits per heavy atom. The summed E-state index contributed by atoms with van der Waals surface area (Å²) in [6, 6.07) is 10.3. The first-order chi connectivity index (χ1) is 21.1. The van der Waals surface area contributed by atoms with Crippen molar-refractivity contribution in [1.29, 1.82) is 0 Å². The zero-order valence-corrected chi connectivity index (χ0v) is 24.9. The molecule has 1 aromatic heterocycles. The average molecular weight is 605 g/mol. The molecule has 1 amide bonds. The van der Waals surface area contributed by atoms with Crippen molar-refractivity contribution in [2.24, 2.45) is 7.05 Å². The highest BCUT2D eigenvalue weighted by molar-refractivity contribution is 5.94. The van der Waals surface area contributed by atoms with E-state index in [1.165, 1.54) is 10.7 Å². The van der Waals surface area contributed by atoms with E-state index in [0.29, 0.717) is 47.3 Å². The molecule has 3 saturated carbocycles. The van der Waals surface area contributed by atoms with Gasteiger partial charge >= 0.3 is 5.97 Å². The molecule has 3 aliphatic carbocycles. The Morgan fingerprint density at radius 1 is 1.09 bits per heavy atom. The first kappa shape index (κ1) is 29.0. The molecule has 232 valence electrons. The van der Waals surface area contributed by atoms with Crippen LogP contribution in [-0.2, 0) is 11.8 Å². The number of hydrogen-bond donors (Lipinski definition) is 3. The zero-order valence-electron chi connectivity index (χ0n) is 24.9. The third kappa shape index (κ3) is 5.16. The number of amides is 1. The van der Waals surface area contributed by atoms with Gasteiger partial charge in [-0.05, 0) is 85.8 Å². The van der Waals surface area contributed by atoms with Gasteiger partial charge in [-0.3, -0.25) is 9.48 Å². The van der Waals surface area contributed by atoms with Crippen molar-refractivity contribution in [2.75, 3.05) is 6.54 Å². The van der Waals surface area contributed by atoms with Crippen molar-refractivity contribution < 1.29 is 28.2 Å². The van der Waals surface area contributed by atoms with Crippen LogP contribution in [-0.4, -0.2) is 56.7 Å². The highest BCUT2D eigenvalue weighted by atomic mass is 19.1. The molecule has 1 saturated heterocycles. The molecule has 1 spiro atoms. The summed E-state index contributed by atoms with van der Waals surface area (Å²) in [4.78, 5) is 25.0. The number of carboxylic acids is 1. The van der Waals surface area contributed by atoms with Crippen molar-refractivity contribution in [3.63, 3.8) is 0 Å². The molecule has 1 aliphatic heterocycles. The van der Waals surface area contributed by atoms with E-state index in [1.807, 2.05) is 18.2 Å². The number of benzene rings is 2. The molecule has 44 heavy (non-hydrogen) atoms. The SMILES string of the molecule is Cn1cc(-c2ccc(O[C@@H]3CC[C@@H](NC(=O)[C@]4(F)CNC5(CCC5)C4)C3)c(-c3cccc(F)c3C3CCC3)c2)c(C(=O)O)n1. The summed E-state index contributed by atoms with van der Waals surface area (Å²) in [5, 5.41) is 20.1. The summed E-state index contributed by atoms with van der Waals surface area (Å²) in [5.41, 5.74) is 1.00. The molecular formula is C34H38F2N4O4. The first-order valence-corrected chi connectivity index (χ1v) is 15.7. The van der Waals surface area contributed by atoms with Gasteiger partial charge in [0.25, 0.3) is 5.91 Å². The monoisotopic (exact) mass is 604 g/mol. The molecule has 3 aromatic rings. The fraction of sp³-hybridized carbons (Fsp3) is 0.500. The highest BCUT2D eigenvalue weighted by Crippen LogP contribution is 2.47. The third-order valence-corrected chi connectivity index (χ3v) is 10.3. The fourth-order valence-corrected chi connectivity index (χ4v) is 7.53. The van der Waals surface area contributed by atoms with Crippen LogP contribution >= 0.6 is 0 Å². The van der Waals surface area contributed by atoms with Crippen molar-refractivity contribution in [2.45, 2.75) is 93.5 Å². The lowest BCUT2D eigenvalue weighted by molar-refractivity contribution is -0.133. The maximum atomic E-state index is 15.6. The van der Waals surface area contributed by atoms with Crippen LogP contribution in [0.15, 0.2) is 42.6 Å². The number of ether oxygens (including phenoxy) is 1. The van der Waals surface area contributed by atoms with Gasteiger partial charge < -0.3 is 20.5 Å². The molecule has 8 nitrogen and oxygen atoms in total. The Bertz CT molecular complexity index is 1610. The van der Waals surface area contributed by atoms with E-state index in [0.717, 1.165) is 44.1 Å². The summed E-state index contributed by atoms with van der Waals surface area (Å²) in [5.74, 6) is -1.26. The molecule has 3 N–H and O–H groups in total. The molecule has 3 atom stereocenters. The average Bonchev–Trinajstić information content (AvgIpc) is 3.66. The topological polar surface area (TPSA) is 105 Å². The van der Waals surface area contributed by atoms with Crippen molar-refractivity contribution in [1.82, 2.24) is 20.4 Å². The van der Waals surface area contributed by atoms with Gasteiger partial charge in [-0.25, -0.2) is 13.6 Å². The van der Waals surface area contributed by atoms with Crippen LogP contribution in [0.25, 0.3) is 22.3 Å². The van der Waals surface area contributed by atoms with Crippen LogP contribution in [0.4, 0.5) is 8.78 Å². The summed E-state index contributed by atoms with van der Waals surface area (Å²) >= 11 is 0. The Kier molecular flexibility index (Phi) is 7.22. The molecule has 10 heteroatoms. The number of carboxylic acid groups (broad SMARTS) is 1. The quantitative estimate of drug-likeness (QED) is 0.296. The number of nitrogens with one attached hydrogen (secondary N) is 2. The molecule has 2 heterocycles. The standard InChI is InChI=1S/C34H38F2N4O4/c1-40-17-26(30(39-40)31(41)42)21-9-12-28(25(15-21)24-7-3-8-27(35)29(24)20-5-2-6-20)44-23-11-10-22(16-23)38-32(43)34(36)18-33(37-19-34)13-4-14-33/h3,7-9,12,15,17,20,22-23,37H,2,4-6,10-11,13-14,16,18-19H2,1H3,(H,38,43)(H,41,42)/t22-,23-,34-/m1/s1. The van der Waals surface area contributed by atoms with Crippen LogP contribution in [0.1, 0.15) is 86.2 Å². The van der Waals surface area contributed by atoms with E-state index in [2.05, 4.69) is 15.7 Å². The minimum absolute atomic E-state index is 0.0542. The maximum absolute atomic E-state index is 15.6. The van der Waals surface area contributed by atoms with Crippen LogP contribution < -0.4 is 15.4 Å². The van der Waals surface area contributed by atoms with Gasteiger partial charge in [0.1, 0.15) is 17.7 Å². The fourth-order valence-electron chi connectivity index (χ4n) is 7.53. The second kappa shape index (κ2) is 11.0. The lowest BCUT2D eigenvalue weighted by atomic mass is 9.74. The van der Waals surface area contributed by atoms with Crippen LogP contribution in [0.2, 0.25) is 0 Å². The van der Waals surface area contributed by atoms with Crippen molar-refractivity contribution in [3.8, 4) is 28.0 Å². The molecular weight excluding hydrogens is 566 g/mol. The van der Waals surface area contributed by atoms with E-state index < -0.39 is 17.5 Å². The normalized spacial score (nSPS) is 25.9. The largest absolute Gasteiger partial charge is 0.490 e. The van der Waals surface area contributed by atoms with E-state index in [1.54, 1.807) is 25.4 Å². The summed E-state index contributed by atoms with van der Waals surface area (Å²) in [6.07, 6.45) is 9.31.